The maximum absolute atomic E-state index is 12.3. The van der Waals surface area contributed by atoms with Crippen molar-refractivity contribution in [1.29, 1.82) is 0 Å². The Kier molecular flexibility index (Phi) is 5.48. The van der Waals surface area contributed by atoms with Gasteiger partial charge in [-0.15, -0.1) is 10.2 Å². The molecular weight excluding hydrogens is 392 g/mol. The average Bonchev–Trinajstić information content (AvgIpc) is 3.18. The van der Waals surface area contributed by atoms with Crippen LogP contribution in [0.2, 0.25) is 0 Å². The van der Waals surface area contributed by atoms with Crippen LogP contribution in [0.15, 0.2) is 52.4 Å². The molecule has 0 atom stereocenters. The van der Waals surface area contributed by atoms with Gasteiger partial charge in [-0.05, 0) is 24.6 Å². The van der Waals surface area contributed by atoms with Crippen molar-refractivity contribution in [2.45, 2.75) is 18.5 Å². The van der Waals surface area contributed by atoms with E-state index in [1.807, 2.05) is 31.2 Å². The molecule has 2 aromatic carbocycles. The summed E-state index contributed by atoms with van der Waals surface area (Å²) in [6.45, 7) is 2.18. The number of aromatic nitrogens is 3. The number of thioether (sulfide) groups is 1. The fourth-order valence-electron chi connectivity index (χ4n) is 2.73. The third-order valence-corrected chi connectivity index (χ3v) is 5.10. The van der Waals surface area contributed by atoms with Gasteiger partial charge in [0.1, 0.15) is 5.69 Å². The summed E-state index contributed by atoms with van der Waals surface area (Å²) in [5.41, 5.74) is 2.77. The summed E-state index contributed by atoms with van der Waals surface area (Å²) in [5, 5.41) is 11.1. The number of carbonyl (C=O) groups is 1. The van der Waals surface area contributed by atoms with E-state index in [9.17, 15) is 9.59 Å². The van der Waals surface area contributed by atoms with Gasteiger partial charge in [0.05, 0.1) is 5.75 Å². The molecule has 2 heterocycles. The molecule has 1 aliphatic rings. The number of benzene rings is 2. The van der Waals surface area contributed by atoms with E-state index in [1.54, 1.807) is 18.2 Å². The summed E-state index contributed by atoms with van der Waals surface area (Å²) in [6.07, 6.45) is 0.401. The average molecular weight is 410 g/mol. The van der Waals surface area contributed by atoms with E-state index in [1.165, 1.54) is 0 Å². The largest absolute Gasteiger partial charge is 0.454 e. The number of hydrogen-bond donors (Lipinski definition) is 2. The molecule has 0 saturated heterocycles. The second kappa shape index (κ2) is 8.36. The lowest BCUT2D eigenvalue weighted by atomic mass is 10.1. The number of aromatic amines is 1. The Balaban J connectivity index is 1.33. The van der Waals surface area contributed by atoms with E-state index in [4.69, 9.17) is 9.47 Å². The molecule has 4 rings (SSSR count). The van der Waals surface area contributed by atoms with Gasteiger partial charge >= 0.3 is 0 Å². The van der Waals surface area contributed by atoms with Crippen LogP contribution in [0.25, 0.3) is 0 Å². The molecule has 0 unspecified atom stereocenters. The number of nitrogens with one attached hydrogen (secondary N) is 2. The summed E-state index contributed by atoms with van der Waals surface area (Å²) >= 11 is 1.11. The number of hydrogen-bond acceptors (Lipinski definition) is 7. The minimum absolute atomic E-state index is 0.0797. The molecule has 3 aromatic rings. The molecule has 1 aliphatic heterocycles. The van der Waals surface area contributed by atoms with Crippen LogP contribution >= 0.6 is 11.8 Å². The van der Waals surface area contributed by atoms with Crippen molar-refractivity contribution in [3.05, 3.63) is 69.6 Å². The first-order chi connectivity index (χ1) is 14.1. The van der Waals surface area contributed by atoms with Crippen molar-refractivity contribution in [3.63, 3.8) is 0 Å². The molecule has 0 radical (unpaired) electrons. The number of ether oxygens (including phenoxy) is 2. The second-order valence-corrected chi connectivity index (χ2v) is 7.44. The van der Waals surface area contributed by atoms with Crippen LogP contribution in [-0.2, 0) is 11.2 Å². The highest BCUT2D eigenvalue weighted by Gasteiger charge is 2.14. The van der Waals surface area contributed by atoms with Crippen LogP contribution in [0.5, 0.6) is 11.5 Å². The van der Waals surface area contributed by atoms with E-state index >= 15 is 0 Å². The molecule has 9 heteroatoms. The van der Waals surface area contributed by atoms with Crippen molar-refractivity contribution in [3.8, 4) is 11.5 Å². The number of nitrogens with zero attached hydrogens (tertiary/aromatic N) is 2. The van der Waals surface area contributed by atoms with E-state index in [0.717, 1.165) is 22.9 Å². The number of fused-ring (bicyclic) bond motifs is 1. The lowest BCUT2D eigenvalue weighted by molar-refractivity contribution is -0.113. The fourth-order valence-corrected chi connectivity index (χ4v) is 3.33. The summed E-state index contributed by atoms with van der Waals surface area (Å²) < 4.78 is 10.5. The zero-order valence-electron chi connectivity index (χ0n) is 15.6. The van der Waals surface area contributed by atoms with E-state index in [0.29, 0.717) is 34.5 Å². The monoisotopic (exact) mass is 410 g/mol. The zero-order valence-corrected chi connectivity index (χ0v) is 16.4. The number of aryl methyl sites for hydroxylation is 1. The van der Waals surface area contributed by atoms with Crippen molar-refractivity contribution in [1.82, 2.24) is 15.2 Å². The Morgan fingerprint density at radius 2 is 1.93 bits per heavy atom. The third-order valence-electron chi connectivity index (χ3n) is 4.23. The molecule has 8 nitrogen and oxygen atoms in total. The van der Waals surface area contributed by atoms with E-state index < -0.39 is 0 Å². The van der Waals surface area contributed by atoms with Crippen LogP contribution in [0, 0.1) is 6.92 Å². The quantitative estimate of drug-likeness (QED) is 0.602. The van der Waals surface area contributed by atoms with Crippen LogP contribution in [0.3, 0.4) is 0 Å². The van der Waals surface area contributed by atoms with E-state index in [2.05, 4.69) is 20.5 Å². The van der Waals surface area contributed by atoms with Crippen molar-refractivity contribution < 1.29 is 14.3 Å². The second-order valence-electron chi connectivity index (χ2n) is 6.47. The molecule has 0 fully saturated rings. The Hall–Kier alpha value is -3.33. The molecule has 29 heavy (non-hydrogen) atoms. The van der Waals surface area contributed by atoms with Crippen LogP contribution in [0.1, 0.15) is 16.8 Å². The number of carbonyl (C=O) groups excluding carboxylic acids is 1. The van der Waals surface area contributed by atoms with Crippen molar-refractivity contribution >= 4 is 23.4 Å². The summed E-state index contributed by atoms with van der Waals surface area (Å²) in [4.78, 5) is 27.1. The van der Waals surface area contributed by atoms with Crippen molar-refractivity contribution in [2.24, 2.45) is 0 Å². The smallest absolute Gasteiger partial charge is 0.273 e. The number of rotatable bonds is 6. The molecule has 1 amide bonds. The maximum atomic E-state index is 12.3. The SMILES string of the molecule is Cc1ccc(Cc2nnc(SCC(=O)Nc3ccc4c(c3)OCO4)[nH]c2=O)cc1. The van der Waals surface area contributed by atoms with Gasteiger partial charge in [-0.2, -0.15) is 0 Å². The summed E-state index contributed by atoms with van der Waals surface area (Å²) in [7, 11) is 0. The predicted molar refractivity (Wildman–Crippen MR) is 109 cm³/mol. The minimum atomic E-state index is -0.306. The predicted octanol–water partition coefficient (Wildman–Crippen LogP) is 2.52. The molecule has 148 valence electrons. The normalized spacial score (nSPS) is 12.0. The lowest BCUT2D eigenvalue weighted by Gasteiger charge is -2.06. The van der Waals surface area contributed by atoms with Gasteiger partial charge in [0, 0.05) is 18.2 Å². The highest BCUT2D eigenvalue weighted by Crippen LogP contribution is 2.34. The van der Waals surface area contributed by atoms with Gasteiger partial charge < -0.3 is 14.8 Å². The first-order valence-corrected chi connectivity index (χ1v) is 9.89. The van der Waals surface area contributed by atoms with E-state index in [-0.39, 0.29) is 24.0 Å². The molecular formula is C20H18N4O4S. The Morgan fingerprint density at radius 1 is 1.14 bits per heavy atom. The summed E-state index contributed by atoms with van der Waals surface area (Å²) in [6, 6.07) is 13.1. The number of H-pyrrole nitrogens is 1. The fraction of sp³-hybridized carbons (Fsp3) is 0.200. The third kappa shape index (κ3) is 4.75. The van der Waals surface area contributed by atoms with Gasteiger partial charge in [-0.3, -0.25) is 14.6 Å². The molecule has 2 N–H and O–H groups in total. The Labute approximate surface area is 170 Å². The van der Waals surface area contributed by atoms with Crippen LogP contribution < -0.4 is 20.3 Å². The first kappa shape index (κ1) is 19.0. The maximum Gasteiger partial charge on any atom is 0.273 e. The van der Waals surface area contributed by atoms with Gasteiger partial charge in [0.25, 0.3) is 5.56 Å². The summed E-state index contributed by atoms with van der Waals surface area (Å²) in [5.74, 6) is 1.09. The van der Waals surface area contributed by atoms with Crippen LogP contribution in [-0.4, -0.2) is 33.6 Å². The standard InChI is InChI=1S/C20H18N4O4S/c1-12-2-4-13(5-3-12)8-15-19(26)22-20(24-23-15)29-10-18(25)21-14-6-7-16-17(9-14)28-11-27-16/h2-7,9H,8,10-11H2,1H3,(H,21,25)(H,22,24,26). The molecule has 0 spiro atoms. The molecule has 0 saturated carbocycles. The lowest BCUT2D eigenvalue weighted by Crippen LogP contribution is -2.19. The number of anilines is 1. The zero-order chi connectivity index (χ0) is 20.2. The highest BCUT2D eigenvalue weighted by molar-refractivity contribution is 7.99. The highest BCUT2D eigenvalue weighted by atomic mass is 32.2. The Bertz CT molecular complexity index is 1100. The molecule has 0 bridgehead atoms. The van der Waals surface area contributed by atoms with Crippen molar-refractivity contribution in [2.75, 3.05) is 17.9 Å². The molecule has 0 aliphatic carbocycles. The Morgan fingerprint density at radius 3 is 2.72 bits per heavy atom. The number of amides is 1. The topological polar surface area (TPSA) is 106 Å². The van der Waals surface area contributed by atoms with Gasteiger partial charge in [-0.25, -0.2) is 0 Å². The van der Waals surface area contributed by atoms with Gasteiger partial charge in [0.2, 0.25) is 12.7 Å². The van der Waals surface area contributed by atoms with Gasteiger partial charge in [0.15, 0.2) is 16.7 Å². The van der Waals surface area contributed by atoms with Gasteiger partial charge in [-0.1, -0.05) is 41.6 Å². The molecule has 1 aromatic heterocycles. The minimum Gasteiger partial charge on any atom is -0.454 e. The van der Waals surface area contributed by atoms with Crippen LogP contribution in [0.4, 0.5) is 5.69 Å². The first-order valence-electron chi connectivity index (χ1n) is 8.90.